The number of hydrogen-bond acceptors (Lipinski definition) is 5. The van der Waals surface area contributed by atoms with Crippen LogP contribution in [0.25, 0.3) is 0 Å². The maximum Gasteiger partial charge on any atom is 0.150 e. The summed E-state index contributed by atoms with van der Waals surface area (Å²) in [6.07, 6.45) is 3.60. The third-order valence-electron chi connectivity index (χ3n) is 2.69. The maximum atomic E-state index is 5.95. The van der Waals surface area contributed by atoms with E-state index in [1.165, 1.54) is 6.33 Å². The molecule has 6 heteroatoms. The largest absolute Gasteiger partial charge is 0.382 e. The molecule has 1 fully saturated rings. The standard InChI is InChI=1S/C10H15ClN4O/c11-8-9(12)14-6-15-10(8)13-3-1-7-2-4-16-5-7/h6-7H,1-5H2,(H3,12,13,14,15). The topological polar surface area (TPSA) is 73.1 Å². The number of hydrogen-bond donors (Lipinski definition) is 2. The van der Waals surface area contributed by atoms with Crippen molar-refractivity contribution in [2.45, 2.75) is 12.8 Å². The molecule has 2 rings (SSSR count). The molecule has 1 saturated heterocycles. The lowest BCUT2D eigenvalue weighted by atomic mass is 10.1. The number of rotatable bonds is 4. The van der Waals surface area contributed by atoms with Gasteiger partial charge in [-0.15, -0.1) is 0 Å². The number of halogens is 1. The Kier molecular flexibility index (Phi) is 3.79. The fourth-order valence-electron chi connectivity index (χ4n) is 1.71. The van der Waals surface area contributed by atoms with Gasteiger partial charge < -0.3 is 15.8 Å². The average molecular weight is 243 g/mol. The molecule has 0 aromatic carbocycles. The summed E-state index contributed by atoms with van der Waals surface area (Å²) in [5.74, 6) is 1.56. The summed E-state index contributed by atoms with van der Waals surface area (Å²) in [6.45, 7) is 2.57. The van der Waals surface area contributed by atoms with Crippen LogP contribution in [0.4, 0.5) is 11.6 Å². The number of anilines is 2. The van der Waals surface area contributed by atoms with Gasteiger partial charge in [0.1, 0.15) is 23.0 Å². The second-order valence-corrected chi connectivity index (χ2v) is 4.24. The fourth-order valence-corrected chi connectivity index (χ4v) is 1.88. The number of ether oxygens (including phenoxy) is 1. The lowest BCUT2D eigenvalue weighted by molar-refractivity contribution is 0.185. The molecule has 0 aliphatic carbocycles. The molecule has 1 aliphatic heterocycles. The van der Waals surface area contributed by atoms with Gasteiger partial charge in [0.05, 0.1) is 0 Å². The van der Waals surface area contributed by atoms with Gasteiger partial charge in [-0.3, -0.25) is 0 Å². The molecule has 0 spiro atoms. The van der Waals surface area contributed by atoms with Crippen molar-refractivity contribution < 1.29 is 4.74 Å². The van der Waals surface area contributed by atoms with Crippen LogP contribution in [0, 0.1) is 5.92 Å². The fraction of sp³-hybridized carbons (Fsp3) is 0.600. The summed E-state index contributed by atoms with van der Waals surface area (Å²) < 4.78 is 5.30. The van der Waals surface area contributed by atoms with E-state index in [4.69, 9.17) is 22.1 Å². The smallest absolute Gasteiger partial charge is 0.150 e. The summed E-state index contributed by atoms with van der Waals surface area (Å²) in [7, 11) is 0. The molecule has 0 radical (unpaired) electrons. The molecule has 1 aromatic heterocycles. The monoisotopic (exact) mass is 242 g/mol. The normalized spacial score (nSPS) is 19.9. The van der Waals surface area contributed by atoms with Gasteiger partial charge in [-0.2, -0.15) is 0 Å². The number of nitrogens with one attached hydrogen (secondary N) is 1. The first-order chi connectivity index (χ1) is 7.77. The maximum absolute atomic E-state index is 5.95. The molecule has 1 atom stereocenters. The highest BCUT2D eigenvalue weighted by atomic mass is 35.5. The molecule has 5 nitrogen and oxygen atoms in total. The van der Waals surface area contributed by atoms with Gasteiger partial charge in [-0.1, -0.05) is 11.6 Å². The summed E-state index contributed by atoms with van der Waals surface area (Å²) in [4.78, 5) is 7.84. The molecule has 1 unspecified atom stereocenters. The number of nitrogen functional groups attached to an aromatic ring is 1. The molecule has 0 amide bonds. The highest BCUT2D eigenvalue weighted by molar-refractivity contribution is 6.35. The van der Waals surface area contributed by atoms with Crippen LogP contribution in [0.1, 0.15) is 12.8 Å². The quantitative estimate of drug-likeness (QED) is 0.838. The van der Waals surface area contributed by atoms with E-state index in [0.717, 1.165) is 32.6 Å². The predicted molar refractivity (Wildman–Crippen MR) is 63.5 cm³/mol. The van der Waals surface area contributed by atoms with E-state index in [0.29, 0.717) is 22.6 Å². The van der Waals surface area contributed by atoms with Crippen molar-refractivity contribution >= 4 is 23.2 Å². The molecule has 16 heavy (non-hydrogen) atoms. The summed E-state index contributed by atoms with van der Waals surface area (Å²) in [5.41, 5.74) is 5.57. The predicted octanol–water partition coefficient (Wildman–Crippen LogP) is 1.55. The first kappa shape index (κ1) is 11.4. The Balaban J connectivity index is 1.82. The van der Waals surface area contributed by atoms with Gasteiger partial charge in [0.25, 0.3) is 0 Å². The molecular formula is C10H15ClN4O. The van der Waals surface area contributed by atoms with Crippen LogP contribution in [-0.2, 0) is 4.74 Å². The Morgan fingerprint density at radius 3 is 3.19 bits per heavy atom. The van der Waals surface area contributed by atoms with Crippen LogP contribution in [0.5, 0.6) is 0 Å². The Morgan fingerprint density at radius 2 is 2.44 bits per heavy atom. The highest BCUT2D eigenvalue weighted by Gasteiger charge is 2.15. The van der Waals surface area contributed by atoms with E-state index in [1.807, 2.05) is 0 Å². The SMILES string of the molecule is Nc1ncnc(NCCC2CCOC2)c1Cl. The van der Waals surface area contributed by atoms with Crippen molar-refractivity contribution in [1.29, 1.82) is 0 Å². The van der Waals surface area contributed by atoms with E-state index in [9.17, 15) is 0 Å². The van der Waals surface area contributed by atoms with Gasteiger partial charge in [-0.05, 0) is 18.8 Å². The van der Waals surface area contributed by atoms with E-state index in [1.54, 1.807) is 0 Å². The van der Waals surface area contributed by atoms with Crippen molar-refractivity contribution in [3.63, 3.8) is 0 Å². The van der Waals surface area contributed by atoms with Crippen molar-refractivity contribution in [2.24, 2.45) is 5.92 Å². The Bertz CT molecular complexity index is 355. The van der Waals surface area contributed by atoms with Crippen LogP contribution in [0.15, 0.2) is 6.33 Å². The highest BCUT2D eigenvalue weighted by Crippen LogP contribution is 2.23. The first-order valence-corrected chi connectivity index (χ1v) is 5.72. The van der Waals surface area contributed by atoms with Crippen LogP contribution >= 0.6 is 11.6 Å². The van der Waals surface area contributed by atoms with Gasteiger partial charge in [0.15, 0.2) is 0 Å². The molecule has 0 bridgehead atoms. The Hall–Kier alpha value is -1.07. The summed E-state index contributed by atoms with van der Waals surface area (Å²) in [6, 6.07) is 0. The van der Waals surface area contributed by atoms with Crippen molar-refractivity contribution in [3.05, 3.63) is 11.3 Å². The van der Waals surface area contributed by atoms with E-state index < -0.39 is 0 Å². The second kappa shape index (κ2) is 5.32. The van der Waals surface area contributed by atoms with Gasteiger partial charge >= 0.3 is 0 Å². The van der Waals surface area contributed by atoms with Gasteiger partial charge in [0, 0.05) is 19.8 Å². The zero-order valence-corrected chi connectivity index (χ0v) is 9.70. The van der Waals surface area contributed by atoms with Crippen LogP contribution in [0.3, 0.4) is 0 Å². The third-order valence-corrected chi connectivity index (χ3v) is 3.06. The minimum absolute atomic E-state index is 0.309. The van der Waals surface area contributed by atoms with E-state index in [-0.39, 0.29) is 0 Å². The lowest BCUT2D eigenvalue weighted by Gasteiger charge is -2.10. The molecule has 3 N–H and O–H groups in total. The van der Waals surface area contributed by atoms with Gasteiger partial charge in [0.2, 0.25) is 0 Å². The molecule has 0 saturated carbocycles. The molecule has 1 aliphatic rings. The minimum Gasteiger partial charge on any atom is -0.382 e. The van der Waals surface area contributed by atoms with Crippen LogP contribution in [0.2, 0.25) is 5.02 Å². The van der Waals surface area contributed by atoms with Crippen LogP contribution < -0.4 is 11.1 Å². The molecule has 1 aromatic rings. The lowest BCUT2D eigenvalue weighted by Crippen LogP contribution is -2.10. The molecular weight excluding hydrogens is 228 g/mol. The average Bonchev–Trinajstić information content (AvgIpc) is 2.77. The van der Waals surface area contributed by atoms with Crippen molar-refractivity contribution in [3.8, 4) is 0 Å². The molecule has 2 heterocycles. The number of nitrogens with two attached hydrogens (primary N) is 1. The van der Waals surface area contributed by atoms with E-state index >= 15 is 0 Å². The first-order valence-electron chi connectivity index (χ1n) is 5.35. The molecule has 88 valence electrons. The number of nitrogens with zero attached hydrogens (tertiary/aromatic N) is 2. The van der Waals surface area contributed by atoms with E-state index in [2.05, 4.69) is 15.3 Å². The minimum atomic E-state index is 0.309. The summed E-state index contributed by atoms with van der Waals surface area (Å²) in [5, 5.41) is 3.56. The van der Waals surface area contributed by atoms with Crippen LogP contribution in [-0.4, -0.2) is 29.7 Å². The zero-order chi connectivity index (χ0) is 11.4. The second-order valence-electron chi connectivity index (χ2n) is 3.87. The third kappa shape index (κ3) is 2.74. The Morgan fingerprint density at radius 1 is 1.56 bits per heavy atom. The number of aromatic nitrogens is 2. The summed E-state index contributed by atoms with van der Waals surface area (Å²) >= 11 is 5.95. The van der Waals surface area contributed by atoms with Gasteiger partial charge in [-0.25, -0.2) is 9.97 Å². The van der Waals surface area contributed by atoms with Crippen molar-refractivity contribution in [1.82, 2.24) is 9.97 Å². The zero-order valence-electron chi connectivity index (χ0n) is 8.95. The van der Waals surface area contributed by atoms with Crippen molar-refractivity contribution in [2.75, 3.05) is 30.8 Å². The Labute approximate surface area is 99.4 Å².